The molecule has 2 aromatic heterocycles. The lowest BCUT2D eigenvalue weighted by Gasteiger charge is -2.04. The zero-order chi connectivity index (χ0) is 11.5. The average molecular weight is 236 g/mol. The van der Waals surface area contributed by atoms with Gasteiger partial charge >= 0.3 is 6.01 Å². The maximum Gasteiger partial charge on any atom is 0.321 e. The Balaban J connectivity index is 2.45. The van der Waals surface area contributed by atoms with Crippen LogP contribution in [0.1, 0.15) is 11.8 Å². The highest BCUT2D eigenvalue weighted by molar-refractivity contribution is 7.10. The molecular formula is C10H12N4OS. The Morgan fingerprint density at radius 1 is 1.38 bits per heavy atom. The highest BCUT2D eigenvalue weighted by Gasteiger charge is 2.10. The summed E-state index contributed by atoms with van der Waals surface area (Å²) in [6.45, 7) is 4.39. The van der Waals surface area contributed by atoms with Gasteiger partial charge in [-0.1, -0.05) is 0 Å². The highest BCUT2D eigenvalue weighted by atomic mass is 32.1. The summed E-state index contributed by atoms with van der Waals surface area (Å²) in [5.41, 5.74) is 6.58. The first kappa shape index (κ1) is 10.8. The number of nitrogens with zero attached hydrogens (tertiary/aromatic N) is 3. The normalized spacial score (nSPS) is 10.4. The van der Waals surface area contributed by atoms with E-state index in [1.165, 1.54) is 0 Å². The fourth-order valence-electron chi connectivity index (χ4n) is 1.30. The van der Waals surface area contributed by atoms with Gasteiger partial charge in [-0.2, -0.15) is 15.0 Å². The van der Waals surface area contributed by atoms with Crippen molar-refractivity contribution in [2.75, 3.05) is 12.3 Å². The minimum absolute atomic E-state index is 0.180. The van der Waals surface area contributed by atoms with Crippen molar-refractivity contribution in [3.8, 4) is 17.4 Å². The summed E-state index contributed by atoms with van der Waals surface area (Å²) in [5.74, 6) is 0.744. The zero-order valence-electron chi connectivity index (χ0n) is 9.10. The first-order valence-electron chi connectivity index (χ1n) is 4.89. The Morgan fingerprint density at radius 2 is 2.19 bits per heavy atom. The van der Waals surface area contributed by atoms with Crippen molar-refractivity contribution in [3.05, 3.63) is 16.3 Å². The Kier molecular flexibility index (Phi) is 3.00. The van der Waals surface area contributed by atoms with Crippen LogP contribution in [0.3, 0.4) is 0 Å². The van der Waals surface area contributed by atoms with Crippen molar-refractivity contribution >= 4 is 17.3 Å². The van der Waals surface area contributed by atoms with E-state index in [9.17, 15) is 0 Å². The van der Waals surface area contributed by atoms with Crippen LogP contribution in [0.15, 0.2) is 11.4 Å². The van der Waals surface area contributed by atoms with Crippen molar-refractivity contribution < 1.29 is 4.74 Å². The number of thiophene rings is 1. The van der Waals surface area contributed by atoms with E-state index in [1.807, 2.05) is 25.3 Å². The summed E-state index contributed by atoms with van der Waals surface area (Å²) in [4.78, 5) is 13.4. The van der Waals surface area contributed by atoms with E-state index in [4.69, 9.17) is 10.5 Å². The highest BCUT2D eigenvalue weighted by Crippen LogP contribution is 2.25. The van der Waals surface area contributed by atoms with Gasteiger partial charge in [-0.25, -0.2) is 0 Å². The molecule has 2 aromatic rings. The second kappa shape index (κ2) is 4.44. The molecule has 0 amide bonds. The SMILES string of the molecule is CCOc1nc(N)nc(-c2ccsc2C)n1. The minimum Gasteiger partial charge on any atom is -0.464 e. The smallest absolute Gasteiger partial charge is 0.321 e. The molecule has 2 N–H and O–H groups in total. The number of anilines is 1. The minimum atomic E-state index is 0.180. The standard InChI is InChI=1S/C10H12N4OS/c1-3-15-10-13-8(12-9(11)14-10)7-4-5-16-6(7)2/h4-5H,3H2,1-2H3,(H2,11,12,13,14). The summed E-state index contributed by atoms with van der Waals surface area (Å²) < 4.78 is 5.23. The molecule has 16 heavy (non-hydrogen) atoms. The number of rotatable bonds is 3. The van der Waals surface area contributed by atoms with E-state index in [1.54, 1.807) is 11.3 Å². The van der Waals surface area contributed by atoms with Crippen molar-refractivity contribution in [1.82, 2.24) is 15.0 Å². The third-order valence-corrected chi connectivity index (χ3v) is 2.85. The van der Waals surface area contributed by atoms with E-state index < -0.39 is 0 Å². The monoisotopic (exact) mass is 236 g/mol. The number of nitrogens with two attached hydrogens (primary N) is 1. The summed E-state index contributed by atoms with van der Waals surface area (Å²) in [7, 11) is 0. The van der Waals surface area contributed by atoms with E-state index in [0.29, 0.717) is 12.4 Å². The van der Waals surface area contributed by atoms with Gasteiger partial charge in [0, 0.05) is 10.4 Å². The Labute approximate surface area is 97.3 Å². The molecule has 0 fully saturated rings. The second-order valence-corrected chi connectivity index (χ2v) is 4.24. The maximum atomic E-state index is 5.61. The van der Waals surface area contributed by atoms with Crippen LogP contribution >= 0.6 is 11.3 Å². The maximum absolute atomic E-state index is 5.61. The largest absolute Gasteiger partial charge is 0.464 e. The molecule has 0 saturated carbocycles. The van der Waals surface area contributed by atoms with Gasteiger partial charge in [0.2, 0.25) is 5.95 Å². The zero-order valence-corrected chi connectivity index (χ0v) is 9.91. The molecule has 2 heterocycles. The van der Waals surface area contributed by atoms with Crippen LogP contribution in [0.25, 0.3) is 11.4 Å². The van der Waals surface area contributed by atoms with Crippen LogP contribution in [-0.4, -0.2) is 21.6 Å². The molecule has 0 aliphatic carbocycles. The fourth-order valence-corrected chi connectivity index (χ4v) is 2.00. The van der Waals surface area contributed by atoms with E-state index in [2.05, 4.69) is 15.0 Å². The van der Waals surface area contributed by atoms with Gasteiger partial charge in [0.1, 0.15) is 0 Å². The number of ether oxygens (including phenoxy) is 1. The Hall–Kier alpha value is -1.69. The Bertz CT molecular complexity index is 497. The second-order valence-electron chi connectivity index (χ2n) is 3.12. The van der Waals surface area contributed by atoms with Crippen LogP contribution in [0.4, 0.5) is 5.95 Å². The quantitative estimate of drug-likeness (QED) is 0.880. The number of nitrogen functional groups attached to an aromatic ring is 1. The van der Waals surface area contributed by atoms with Gasteiger partial charge in [0.05, 0.1) is 6.61 Å². The van der Waals surface area contributed by atoms with Crippen LogP contribution in [0, 0.1) is 6.92 Å². The summed E-state index contributed by atoms with van der Waals surface area (Å²) in [6, 6.07) is 2.24. The van der Waals surface area contributed by atoms with E-state index in [0.717, 1.165) is 10.4 Å². The molecule has 0 aliphatic rings. The van der Waals surface area contributed by atoms with Gasteiger partial charge in [-0.05, 0) is 25.3 Å². The molecule has 0 radical (unpaired) electrons. The summed E-state index contributed by atoms with van der Waals surface area (Å²) in [5, 5.41) is 1.99. The van der Waals surface area contributed by atoms with E-state index in [-0.39, 0.29) is 12.0 Å². The molecule has 5 nitrogen and oxygen atoms in total. The van der Waals surface area contributed by atoms with Crippen LogP contribution < -0.4 is 10.5 Å². The molecule has 2 rings (SSSR count). The van der Waals surface area contributed by atoms with Gasteiger partial charge < -0.3 is 10.5 Å². The Morgan fingerprint density at radius 3 is 2.81 bits per heavy atom. The van der Waals surface area contributed by atoms with Gasteiger partial charge in [-0.3, -0.25) is 0 Å². The fraction of sp³-hybridized carbons (Fsp3) is 0.300. The lowest BCUT2D eigenvalue weighted by molar-refractivity contribution is 0.312. The summed E-state index contributed by atoms with van der Waals surface area (Å²) >= 11 is 1.64. The first-order chi connectivity index (χ1) is 7.70. The molecule has 84 valence electrons. The average Bonchev–Trinajstić information content (AvgIpc) is 2.64. The van der Waals surface area contributed by atoms with Crippen LogP contribution in [0.5, 0.6) is 6.01 Å². The topological polar surface area (TPSA) is 73.9 Å². The van der Waals surface area contributed by atoms with Gasteiger partial charge in [-0.15, -0.1) is 11.3 Å². The van der Waals surface area contributed by atoms with E-state index >= 15 is 0 Å². The molecule has 0 aliphatic heterocycles. The van der Waals surface area contributed by atoms with Crippen molar-refractivity contribution in [1.29, 1.82) is 0 Å². The molecule has 0 bridgehead atoms. The third-order valence-electron chi connectivity index (χ3n) is 2.01. The molecular weight excluding hydrogens is 224 g/mol. The van der Waals surface area contributed by atoms with Crippen molar-refractivity contribution in [3.63, 3.8) is 0 Å². The molecule has 0 atom stereocenters. The van der Waals surface area contributed by atoms with Crippen molar-refractivity contribution in [2.45, 2.75) is 13.8 Å². The number of hydrogen-bond acceptors (Lipinski definition) is 6. The van der Waals surface area contributed by atoms with Gasteiger partial charge in [0.15, 0.2) is 5.82 Å². The van der Waals surface area contributed by atoms with Crippen LogP contribution in [0.2, 0.25) is 0 Å². The third kappa shape index (κ3) is 2.11. The number of hydrogen-bond donors (Lipinski definition) is 1. The van der Waals surface area contributed by atoms with Crippen LogP contribution in [-0.2, 0) is 0 Å². The molecule has 0 unspecified atom stereocenters. The lowest BCUT2D eigenvalue weighted by atomic mass is 10.2. The summed E-state index contributed by atoms with van der Waals surface area (Å²) in [6.07, 6.45) is 0. The molecule has 0 saturated heterocycles. The first-order valence-corrected chi connectivity index (χ1v) is 5.77. The molecule has 0 aromatic carbocycles. The lowest BCUT2D eigenvalue weighted by Crippen LogP contribution is -2.04. The predicted molar refractivity (Wildman–Crippen MR) is 63.5 cm³/mol. The number of aryl methyl sites for hydroxylation is 1. The predicted octanol–water partition coefficient (Wildman–Crippen LogP) is 1.89. The van der Waals surface area contributed by atoms with Gasteiger partial charge in [0.25, 0.3) is 0 Å². The number of aromatic nitrogens is 3. The van der Waals surface area contributed by atoms with Crippen molar-refractivity contribution in [2.24, 2.45) is 0 Å². The molecule has 6 heteroatoms. The molecule has 0 spiro atoms.